The van der Waals surface area contributed by atoms with Crippen molar-refractivity contribution < 1.29 is 4.79 Å². The Hall–Kier alpha value is -1.37. The van der Waals surface area contributed by atoms with Gasteiger partial charge in [-0.15, -0.1) is 0 Å². The average molecular weight is 188 g/mol. The smallest absolute Gasteiger partial charge is 0.146 e. The van der Waals surface area contributed by atoms with E-state index in [-0.39, 0.29) is 5.92 Å². The number of benzene rings is 1. The van der Waals surface area contributed by atoms with Crippen molar-refractivity contribution in [3.05, 3.63) is 41.0 Å². The van der Waals surface area contributed by atoms with Crippen LogP contribution in [0.15, 0.2) is 29.8 Å². The zero-order valence-corrected chi connectivity index (χ0v) is 8.95. The molecule has 74 valence electrons. The molecule has 0 N–H and O–H groups in total. The van der Waals surface area contributed by atoms with Gasteiger partial charge >= 0.3 is 0 Å². The van der Waals surface area contributed by atoms with E-state index in [1.165, 1.54) is 5.56 Å². The second kappa shape index (κ2) is 4.75. The molecule has 0 spiro atoms. The molecule has 0 aliphatic rings. The Balaban J connectivity index is 2.95. The van der Waals surface area contributed by atoms with E-state index >= 15 is 0 Å². The summed E-state index contributed by atoms with van der Waals surface area (Å²) < 4.78 is 0. The Morgan fingerprint density at radius 1 is 1.21 bits per heavy atom. The predicted molar refractivity (Wildman–Crippen MR) is 60.1 cm³/mol. The van der Waals surface area contributed by atoms with Gasteiger partial charge in [-0.25, -0.2) is 0 Å². The highest BCUT2D eigenvalue weighted by atomic mass is 16.1. The monoisotopic (exact) mass is 188 g/mol. The van der Waals surface area contributed by atoms with Crippen molar-refractivity contribution in [2.75, 3.05) is 0 Å². The van der Waals surface area contributed by atoms with Crippen molar-refractivity contribution in [2.24, 2.45) is 5.92 Å². The molecule has 1 aromatic rings. The Bertz CT molecular complexity index is 331. The van der Waals surface area contributed by atoms with Crippen LogP contribution >= 0.6 is 0 Å². The van der Waals surface area contributed by atoms with E-state index in [0.29, 0.717) is 0 Å². The van der Waals surface area contributed by atoms with Gasteiger partial charge in [0.25, 0.3) is 0 Å². The number of aldehydes is 1. The fourth-order valence-corrected chi connectivity index (χ4v) is 1.19. The van der Waals surface area contributed by atoms with E-state index in [4.69, 9.17) is 0 Å². The maximum atomic E-state index is 10.7. The molecule has 14 heavy (non-hydrogen) atoms. The fourth-order valence-electron chi connectivity index (χ4n) is 1.19. The minimum absolute atomic E-state index is 0.286. The van der Waals surface area contributed by atoms with Gasteiger partial charge in [0, 0.05) is 0 Å². The molecule has 0 fully saturated rings. The van der Waals surface area contributed by atoms with Gasteiger partial charge in [-0.3, -0.25) is 4.79 Å². The number of allylic oxidation sites excluding steroid dienone is 1. The molecule has 0 atom stereocenters. The molecule has 0 aromatic heterocycles. The van der Waals surface area contributed by atoms with Crippen LogP contribution in [0.1, 0.15) is 25.0 Å². The van der Waals surface area contributed by atoms with E-state index in [1.54, 1.807) is 0 Å². The summed E-state index contributed by atoms with van der Waals surface area (Å²) in [7, 11) is 0. The zero-order valence-electron chi connectivity index (χ0n) is 8.95. The molecule has 1 nitrogen and oxygen atoms in total. The number of hydrogen-bond donors (Lipinski definition) is 0. The zero-order chi connectivity index (χ0) is 10.6. The lowest BCUT2D eigenvalue weighted by molar-refractivity contribution is -0.105. The van der Waals surface area contributed by atoms with Crippen LogP contribution in [0.25, 0.3) is 6.08 Å². The molecular weight excluding hydrogens is 172 g/mol. The standard InChI is InChI=1S/C13H16O/c1-10(2)13(9-14)8-12-6-4-11(3)5-7-12/h4-10H,1-3H3/b13-8-. The normalized spacial score (nSPS) is 11.9. The third kappa shape index (κ3) is 2.84. The molecule has 0 amide bonds. The van der Waals surface area contributed by atoms with Gasteiger partial charge in [-0.2, -0.15) is 0 Å². The van der Waals surface area contributed by atoms with Crippen LogP contribution in [0.3, 0.4) is 0 Å². The van der Waals surface area contributed by atoms with Gasteiger partial charge in [0.2, 0.25) is 0 Å². The predicted octanol–water partition coefficient (Wildman–Crippen LogP) is 3.23. The lowest BCUT2D eigenvalue weighted by Crippen LogP contribution is -1.94. The summed E-state index contributed by atoms with van der Waals surface area (Å²) in [6, 6.07) is 8.16. The Morgan fingerprint density at radius 2 is 1.79 bits per heavy atom. The van der Waals surface area contributed by atoms with Crippen molar-refractivity contribution in [2.45, 2.75) is 20.8 Å². The first-order valence-corrected chi connectivity index (χ1v) is 4.87. The lowest BCUT2D eigenvalue weighted by atomic mass is 10.0. The van der Waals surface area contributed by atoms with Gasteiger partial charge in [0.05, 0.1) is 0 Å². The van der Waals surface area contributed by atoms with Crippen molar-refractivity contribution in [1.82, 2.24) is 0 Å². The first-order valence-electron chi connectivity index (χ1n) is 4.87. The second-order valence-electron chi connectivity index (χ2n) is 3.83. The van der Waals surface area contributed by atoms with E-state index in [9.17, 15) is 4.79 Å². The van der Waals surface area contributed by atoms with Crippen LogP contribution in [0.5, 0.6) is 0 Å². The van der Waals surface area contributed by atoms with Crippen molar-refractivity contribution in [3.63, 3.8) is 0 Å². The third-order valence-electron chi connectivity index (χ3n) is 2.21. The maximum Gasteiger partial charge on any atom is 0.146 e. The molecule has 0 saturated carbocycles. The summed E-state index contributed by atoms with van der Waals surface area (Å²) in [6.07, 6.45) is 2.88. The van der Waals surface area contributed by atoms with Crippen LogP contribution in [-0.2, 0) is 4.79 Å². The third-order valence-corrected chi connectivity index (χ3v) is 2.21. The quantitative estimate of drug-likeness (QED) is 0.525. The number of carbonyl (C=O) groups excluding carboxylic acids is 1. The molecule has 0 unspecified atom stereocenters. The highest BCUT2D eigenvalue weighted by Gasteiger charge is 2.00. The SMILES string of the molecule is Cc1ccc(/C=C(/C=O)C(C)C)cc1. The van der Waals surface area contributed by atoms with Crippen LogP contribution in [0, 0.1) is 12.8 Å². The highest BCUT2D eigenvalue weighted by Crippen LogP contribution is 2.13. The van der Waals surface area contributed by atoms with Gasteiger partial charge in [-0.05, 0) is 30.1 Å². The molecule has 0 saturated heterocycles. The van der Waals surface area contributed by atoms with Crippen LogP contribution < -0.4 is 0 Å². The highest BCUT2D eigenvalue weighted by molar-refractivity contribution is 5.82. The molecular formula is C13H16O. The van der Waals surface area contributed by atoms with E-state index in [2.05, 4.69) is 19.1 Å². The van der Waals surface area contributed by atoms with E-state index < -0.39 is 0 Å². The van der Waals surface area contributed by atoms with E-state index in [0.717, 1.165) is 17.4 Å². The minimum Gasteiger partial charge on any atom is -0.298 e. The van der Waals surface area contributed by atoms with Gasteiger partial charge < -0.3 is 0 Å². The fraction of sp³-hybridized carbons (Fsp3) is 0.308. The Morgan fingerprint density at radius 3 is 2.21 bits per heavy atom. The van der Waals surface area contributed by atoms with Gasteiger partial charge in [0.1, 0.15) is 6.29 Å². The average Bonchev–Trinajstić information content (AvgIpc) is 2.16. The van der Waals surface area contributed by atoms with Gasteiger partial charge in [-0.1, -0.05) is 43.7 Å². The molecule has 1 aromatic carbocycles. The molecule has 0 radical (unpaired) electrons. The van der Waals surface area contributed by atoms with Crippen molar-refractivity contribution >= 4 is 12.4 Å². The summed E-state index contributed by atoms with van der Waals surface area (Å²) in [6.45, 7) is 6.10. The number of carbonyl (C=O) groups is 1. The van der Waals surface area contributed by atoms with Crippen LogP contribution in [0.2, 0.25) is 0 Å². The summed E-state index contributed by atoms with van der Waals surface area (Å²) >= 11 is 0. The van der Waals surface area contributed by atoms with Crippen LogP contribution in [-0.4, -0.2) is 6.29 Å². The first-order chi connectivity index (χ1) is 6.63. The molecule has 0 aliphatic heterocycles. The summed E-state index contributed by atoms with van der Waals surface area (Å²) in [5.74, 6) is 0.286. The second-order valence-corrected chi connectivity index (χ2v) is 3.83. The molecule has 0 heterocycles. The first kappa shape index (κ1) is 10.7. The Labute approximate surface area is 85.5 Å². The van der Waals surface area contributed by atoms with E-state index in [1.807, 2.05) is 32.1 Å². The maximum absolute atomic E-state index is 10.7. The Kier molecular flexibility index (Phi) is 3.63. The molecule has 0 aliphatic carbocycles. The van der Waals surface area contributed by atoms with Crippen molar-refractivity contribution in [1.29, 1.82) is 0 Å². The number of rotatable bonds is 3. The molecule has 1 heteroatoms. The topological polar surface area (TPSA) is 17.1 Å². The molecule has 0 bridgehead atoms. The van der Waals surface area contributed by atoms with Gasteiger partial charge in [0.15, 0.2) is 0 Å². The summed E-state index contributed by atoms with van der Waals surface area (Å²) in [5, 5.41) is 0. The summed E-state index contributed by atoms with van der Waals surface area (Å²) in [5.41, 5.74) is 3.17. The van der Waals surface area contributed by atoms with Crippen LogP contribution in [0.4, 0.5) is 0 Å². The number of aryl methyl sites for hydroxylation is 1. The summed E-state index contributed by atoms with van der Waals surface area (Å²) in [4.78, 5) is 10.7. The van der Waals surface area contributed by atoms with Crippen molar-refractivity contribution in [3.8, 4) is 0 Å². The largest absolute Gasteiger partial charge is 0.298 e. The molecule has 1 rings (SSSR count). The lowest BCUT2D eigenvalue weighted by Gasteiger charge is -2.03. The minimum atomic E-state index is 0.286. The number of hydrogen-bond acceptors (Lipinski definition) is 1.